The molecule has 0 fully saturated rings. The fraction of sp³-hybridized carbons (Fsp3) is 0.375. The molecule has 6 heteroatoms. The highest BCUT2D eigenvalue weighted by atomic mass is 32.2. The SMILES string of the molecule is CC(C)n1cc(S(=O)(=O)N(Cc2ccccc2)Cc2ccccc2)c(C(C)(C)C)n1. The zero-order valence-electron chi connectivity index (χ0n) is 18.4. The van der Waals surface area contributed by atoms with Crippen molar-refractivity contribution in [1.29, 1.82) is 0 Å². The lowest BCUT2D eigenvalue weighted by Crippen LogP contribution is -2.32. The van der Waals surface area contributed by atoms with E-state index in [-0.39, 0.29) is 10.9 Å². The van der Waals surface area contributed by atoms with Crippen LogP contribution in [0.15, 0.2) is 71.8 Å². The van der Waals surface area contributed by atoms with Crippen molar-refractivity contribution in [3.05, 3.63) is 83.7 Å². The molecule has 1 aromatic heterocycles. The second-order valence-electron chi connectivity index (χ2n) is 8.91. The number of sulfonamides is 1. The largest absolute Gasteiger partial charge is 0.269 e. The summed E-state index contributed by atoms with van der Waals surface area (Å²) in [5.74, 6) is 0. The van der Waals surface area contributed by atoms with E-state index in [1.165, 1.54) is 0 Å². The summed E-state index contributed by atoms with van der Waals surface area (Å²) in [5.41, 5.74) is 2.10. The van der Waals surface area contributed by atoms with Gasteiger partial charge in [-0.2, -0.15) is 9.40 Å². The average Bonchev–Trinajstić information content (AvgIpc) is 3.16. The van der Waals surface area contributed by atoms with Crippen molar-refractivity contribution in [3.8, 4) is 0 Å². The van der Waals surface area contributed by atoms with Crippen molar-refractivity contribution in [1.82, 2.24) is 14.1 Å². The van der Waals surface area contributed by atoms with E-state index in [9.17, 15) is 8.42 Å². The monoisotopic (exact) mass is 425 g/mol. The number of hydrogen-bond acceptors (Lipinski definition) is 3. The molecule has 2 aromatic carbocycles. The molecule has 160 valence electrons. The van der Waals surface area contributed by atoms with Crippen LogP contribution in [0.3, 0.4) is 0 Å². The smallest absolute Gasteiger partial charge is 0.247 e. The Morgan fingerprint density at radius 1 is 0.900 bits per heavy atom. The van der Waals surface area contributed by atoms with Crippen LogP contribution in [0.1, 0.15) is 57.5 Å². The molecule has 5 nitrogen and oxygen atoms in total. The van der Waals surface area contributed by atoms with Crippen molar-refractivity contribution in [2.45, 2.75) is 64.1 Å². The molecule has 0 N–H and O–H groups in total. The summed E-state index contributed by atoms with van der Waals surface area (Å²) >= 11 is 0. The van der Waals surface area contributed by atoms with Gasteiger partial charge < -0.3 is 0 Å². The number of rotatable bonds is 7. The van der Waals surface area contributed by atoms with Crippen molar-refractivity contribution in [3.63, 3.8) is 0 Å². The van der Waals surface area contributed by atoms with E-state index >= 15 is 0 Å². The minimum absolute atomic E-state index is 0.0757. The Hall–Kier alpha value is -2.44. The van der Waals surface area contributed by atoms with Gasteiger partial charge in [-0.05, 0) is 25.0 Å². The molecule has 3 rings (SSSR count). The summed E-state index contributed by atoms with van der Waals surface area (Å²) < 4.78 is 31.1. The Bertz CT molecular complexity index is 1030. The third-order valence-electron chi connectivity index (χ3n) is 4.96. The van der Waals surface area contributed by atoms with Crippen LogP contribution in [0.25, 0.3) is 0 Å². The molecule has 1 heterocycles. The van der Waals surface area contributed by atoms with E-state index in [1.807, 2.05) is 95.3 Å². The summed E-state index contributed by atoms with van der Waals surface area (Å²) in [7, 11) is -3.77. The zero-order valence-corrected chi connectivity index (χ0v) is 19.2. The lowest BCUT2D eigenvalue weighted by Gasteiger charge is -2.24. The van der Waals surface area contributed by atoms with Crippen LogP contribution in [-0.4, -0.2) is 22.5 Å². The first-order chi connectivity index (χ1) is 14.1. The predicted molar refractivity (Wildman–Crippen MR) is 121 cm³/mol. The van der Waals surface area contributed by atoms with Gasteiger partial charge in [-0.15, -0.1) is 0 Å². The number of aromatic nitrogens is 2. The molecule has 0 aliphatic carbocycles. The van der Waals surface area contributed by atoms with Gasteiger partial charge in [-0.25, -0.2) is 8.42 Å². The predicted octanol–water partition coefficient (Wildman–Crippen LogP) is 5.15. The molecular formula is C24H31N3O2S. The van der Waals surface area contributed by atoms with Crippen LogP contribution in [-0.2, 0) is 28.5 Å². The van der Waals surface area contributed by atoms with Gasteiger partial charge in [0, 0.05) is 30.7 Å². The minimum Gasteiger partial charge on any atom is -0.269 e. The molecule has 30 heavy (non-hydrogen) atoms. The molecule has 0 atom stereocenters. The van der Waals surface area contributed by atoms with Gasteiger partial charge in [0.2, 0.25) is 10.0 Å². The van der Waals surface area contributed by atoms with Crippen LogP contribution in [0, 0.1) is 0 Å². The van der Waals surface area contributed by atoms with Crippen LogP contribution < -0.4 is 0 Å². The normalized spacial score (nSPS) is 12.6. The van der Waals surface area contributed by atoms with Gasteiger partial charge in [0.15, 0.2) is 0 Å². The Kier molecular flexibility index (Phi) is 6.48. The first-order valence-electron chi connectivity index (χ1n) is 10.3. The number of benzene rings is 2. The molecule has 0 unspecified atom stereocenters. The van der Waals surface area contributed by atoms with Crippen LogP contribution in [0.5, 0.6) is 0 Å². The van der Waals surface area contributed by atoms with Gasteiger partial charge >= 0.3 is 0 Å². The molecule has 0 saturated carbocycles. The van der Waals surface area contributed by atoms with Gasteiger partial charge in [0.1, 0.15) is 4.90 Å². The van der Waals surface area contributed by atoms with E-state index in [0.29, 0.717) is 18.8 Å². The molecule has 0 aliphatic heterocycles. The standard InChI is InChI=1S/C24H31N3O2S/c1-19(2)27-18-22(23(25-27)24(3,4)5)30(28,29)26(16-20-12-8-6-9-13-20)17-21-14-10-7-11-15-21/h6-15,18-19H,16-17H2,1-5H3. The minimum atomic E-state index is -3.77. The number of hydrogen-bond donors (Lipinski definition) is 0. The third-order valence-corrected chi connectivity index (χ3v) is 6.75. The van der Waals surface area contributed by atoms with Crippen molar-refractivity contribution < 1.29 is 8.42 Å². The Labute approximate surface area is 180 Å². The van der Waals surface area contributed by atoms with Crippen molar-refractivity contribution in [2.75, 3.05) is 0 Å². The lowest BCUT2D eigenvalue weighted by atomic mass is 9.92. The molecule has 0 spiro atoms. The molecule has 0 saturated heterocycles. The van der Waals surface area contributed by atoms with E-state index < -0.39 is 15.4 Å². The van der Waals surface area contributed by atoms with E-state index in [1.54, 1.807) is 15.2 Å². The van der Waals surface area contributed by atoms with Crippen molar-refractivity contribution >= 4 is 10.0 Å². The van der Waals surface area contributed by atoms with Gasteiger partial charge in [0.25, 0.3) is 0 Å². The topological polar surface area (TPSA) is 55.2 Å². The third kappa shape index (κ3) is 4.99. The lowest BCUT2D eigenvalue weighted by molar-refractivity contribution is 0.399. The first kappa shape index (κ1) is 22.2. The Morgan fingerprint density at radius 3 is 1.77 bits per heavy atom. The van der Waals surface area contributed by atoms with Gasteiger partial charge in [0.05, 0.1) is 5.69 Å². The maximum atomic E-state index is 13.9. The van der Waals surface area contributed by atoms with E-state index in [0.717, 1.165) is 11.1 Å². The van der Waals surface area contributed by atoms with E-state index in [2.05, 4.69) is 5.10 Å². The van der Waals surface area contributed by atoms with Crippen LogP contribution in [0.2, 0.25) is 0 Å². The van der Waals surface area contributed by atoms with Crippen LogP contribution >= 0.6 is 0 Å². The Morgan fingerprint density at radius 2 is 1.37 bits per heavy atom. The summed E-state index contributed by atoms with van der Waals surface area (Å²) in [6, 6.07) is 19.5. The maximum absolute atomic E-state index is 13.9. The van der Waals surface area contributed by atoms with Gasteiger partial charge in [-0.1, -0.05) is 81.4 Å². The Balaban J connectivity index is 2.09. The van der Waals surface area contributed by atoms with Crippen LogP contribution in [0.4, 0.5) is 0 Å². The second kappa shape index (κ2) is 8.74. The fourth-order valence-electron chi connectivity index (χ4n) is 3.29. The molecule has 0 aliphatic rings. The fourth-order valence-corrected chi connectivity index (χ4v) is 5.04. The summed E-state index contributed by atoms with van der Waals surface area (Å²) in [6.07, 6.45) is 1.68. The average molecular weight is 426 g/mol. The quantitative estimate of drug-likeness (QED) is 0.526. The summed E-state index contributed by atoms with van der Waals surface area (Å²) in [5, 5.41) is 4.65. The van der Waals surface area contributed by atoms with E-state index in [4.69, 9.17) is 0 Å². The zero-order chi connectivity index (χ0) is 21.9. The highest BCUT2D eigenvalue weighted by molar-refractivity contribution is 7.89. The molecule has 3 aromatic rings. The highest BCUT2D eigenvalue weighted by Crippen LogP contribution is 2.32. The highest BCUT2D eigenvalue weighted by Gasteiger charge is 2.34. The molecule has 0 amide bonds. The summed E-state index contributed by atoms with van der Waals surface area (Å²) in [6.45, 7) is 10.6. The molecule has 0 bridgehead atoms. The molecule has 0 radical (unpaired) electrons. The second-order valence-corrected chi connectivity index (χ2v) is 10.8. The summed E-state index contributed by atoms with van der Waals surface area (Å²) in [4.78, 5) is 0.288. The maximum Gasteiger partial charge on any atom is 0.247 e. The van der Waals surface area contributed by atoms with Crippen molar-refractivity contribution in [2.24, 2.45) is 0 Å². The molecular weight excluding hydrogens is 394 g/mol. The number of nitrogens with zero attached hydrogens (tertiary/aromatic N) is 3. The first-order valence-corrected chi connectivity index (χ1v) is 11.7. The van der Waals surface area contributed by atoms with Gasteiger partial charge in [-0.3, -0.25) is 4.68 Å².